The summed E-state index contributed by atoms with van der Waals surface area (Å²) in [6.45, 7) is 3.42. The summed E-state index contributed by atoms with van der Waals surface area (Å²) < 4.78 is 5.14. The van der Waals surface area contributed by atoms with E-state index in [4.69, 9.17) is 4.74 Å². The third kappa shape index (κ3) is 4.66. The van der Waals surface area contributed by atoms with Crippen LogP contribution in [-0.2, 0) is 11.3 Å². The summed E-state index contributed by atoms with van der Waals surface area (Å²) in [5.41, 5.74) is 0. The molecular formula is C14H23N3OS. The first-order chi connectivity index (χ1) is 9.31. The Kier molecular flexibility index (Phi) is 5.92. The number of hydrogen-bond acceptors (Lipinski definition) is 5. The number of nitrogens with zero attached hydrogens (tertiary/aromatic N) is 2. The fourth-order valence-corrected chi connectivity index (χ4v) is 3.60. The number of ether oxygens (including phenoxy) is 1. The van der Waals surface area contributed by atoms with Crippen molar-refractivity contribution in [1.82, 2.24) is 9.97 Å². The molecule has 4 nitrogen and oxygen atoms in total. The van der Waals surface area contributed by atoms with Crippen LogP contribution in [-0.4, -0.2) is 28.9 Å². The molecule has 106 valence electrons. The van der Waals surface area contributed by atoms with Gasteiger partial charge in [0.25, 0.3) is 0 Å². The van der Waals surface area contributed by atoms with E-state index in [1.165, 1.54) is 32.1 Å². The van der Waals surface area contributed by atoms with Gasteiger partial charge >= 0.3 is 0 Å². The van der Waals surface area contributed by atoms with Gasteiger partial charge < -0.3 is 10.1 Å². The molecule has 2 rings (SSSR count). The summed E-state index contributed by atoms with van der Waals surface area (Å²) in [7, 11) is 1.68. The highest BCUT2D eigenvalue weighted by Gasteiger charge is 2.16. The topological polar surface area (TPSA) is 47.0 Å². The van der Waals surface area contributed by atoms with Gasteiger partial charge in [-0.15, -0.1) is 11.8 Å². The lowest BCUT2D eigenvalue weighted by Gasteiger charge is -2.20. The Morgan fingerprint density at radius 1 is 1.32 bits per heavy atom. The van der Waals surface area contributed by atoms with Crippen molar-refractivity contribution in [3.8, 4) is 0 Å². The van der Waals surface area contributed by atoms with E-state index in [1.54, 1.807) is 7.11 Å². The molecule has 1 saturated carbocycles. The van der Waals surface area contributed by atoms with Crippen molar-refractivity contribution in [2.45, 2.75) is 55.9 Å². The first kappa shape index (κ1) is 14.6. The molecule has 1 fully saturated rings. The Bertz CT molecular complexity index is 370. The van der Waals surface area contributed by atoms with Gasteiger partial charge in [-0.1, -0.05) is 19.3 Å². The smallest absolute Gasteiger partial charge is 0.157 e. The molecule has 0 aliphatic heterocycles. The second-order valence-electron chi connectivity index (χ2n) is 4.85. The van der Waals surface area contributed by atoms with E-state index in [9.17, 15) is 0 Å². The van der Waals surface area contributed by atoms with Gasteiger partial charge in [0.15, 0.2) is 5.82 Å². The zero-order valence-electron chi connectivity index (χ0n) is 11.8. The number of aromatic nitrogens is 2. The van der Waals surface area contributed by atoms with E-state index < -0.39 is 0 Å². The highest BCUT2D eigenvalue weighted by molar-refractivity contribution is 7.99. The molecule has 0 radical (unpaired) electrons. The summed E-state index contributed by atoms with van der Waals surface area (Å²) in [4.78, 5) is 9.03. The van der Waals surface area contributed by atoms with Crippen molar-refractivity contribution in [2.75, 3.05) is 19.0 Å². The summed E-state index contributed by atoms with van der Waals surface area (Å²) in [6.07, 6.45) is 6.72. The average Bonchev–Trinajstić information content (AvgIpc) is 2.40. The Morgan fingerprint density at radius 3 is 2.79 bits per heavy atom. The first-order valence-electron chi connectivity index (χ1n) is 7.09. The number of thioether (sulfide) groups is 1. The highest BCUT2D eigenvalue weighted by Crippen LogP contribution is 2.33. The van der Waals surface area contributed by atoms with Crippen LogP contribution in [0.1, 0.15) is 44.9 Å². The third-order valence-electron chi connectivity index (χ3n) is 3.22. The minimum absolute atomic E-state index is 0.470. The number of methoxy groups -OCH3 is 1. The first-order valence-corrected chi connectivity index (χ1v) is 7.97. The van der Waals surface area contributed by atoms with Gasteiger partial charge in [0, 0.05) is 25.0 Å². The molecule has 1 N–H and O–H groups in total. The van der Waals surface area contributed by atoms with Gasteiger partial charge in [0.05, 0.1) is 0 Å². The number of hydrogen-bond donors (Lipinski definition) is 1. The number of nitrogens with one attached hydrogen (secondary N) is 1. The van der Waals surface area contributed by atoms with E-state index in [2.05, 4.69) is 28.3 Å². The van der Waals surface area contributed by atoms with E-state index in [-0.39, 0.29) is 0 Å². The minimum Gasteiger partial charge on any atom is -0.377 e. The molecule has 1 aliphatic rings. The monoisotopic (exact) mass is 281 g/mol. The summed E-state index contributed by atoms with van der Waals surface area (Å²) >= 11 is 1.90. The van der Waals surface area contributed by atoms with E-state index in [1.807, 2.05) is 11.8 Å². The largest absolute Gasteiger partial charge is 0.377 e. The zero-order chi connectivity index (χ0) is 13.5. The fraction of sp³-hybridized carbons (Fsp3) is 0.714. The van der Waals surface area contributed by atoms with E-state index >= 15 is 0 Å². The standard InChI is InChI=1S/C14H23N3OS/c1-3-15-12-9-14(17-13(16-12)10-18-2)19-11-7-5-4-6-8-11/h9,11H,3-8,10H2,1-2H3,(H,15,16,17). The summed E-state index contributed by atoms with van der Waals surface area (Å²) in [5.74, 6) is 1.67. The van der Waals surface area contributed by atoms with Gasteiger partial charge in [-0.25, -0.2) is 9.97 Å². The van der Waals surface area contributed by atoms with Crippen molar-refractivity contribution in [3.63, 3.8) is 0 Å². The van der Waals surface area contributed by atoms with Crippen molar-refractivity contribution >= 4 is 17.6 Å². The molecule has 0 unspecified atom stereocenters. The molecule has 5 heteroatoms. The van der Waals surface area contributed by atoms with Crippen molar-refractivity contribution in [1.29, 1.82) is 0 Å². The maximum atomic E-state index is 5.14. The van der Waals surface area contributed by atoms with Crippen LogP contribution in [0.2, 0.25) is 0 Å². The second kappa shape index (κ2) is 7.70. The third-order valence-corrected chi connectivity index (χ3v) is 4.48. The van der Waals surface area contributed by atoms with Gasteiger partial charge in [0.1, 0.15) is 17.5 Å². The van der Waals surface area contributed by atoms with Crippen LogP contribution in [0.25, 0.3) is 0 Å². The number of rotatable bonds is 6. The maximum absolute atomic E-state index is 5.14. The quantitative estimate of drug-likeness (QED) is 0.809. The van der Waals surface area contributed by atoms with E-state index in [0.29, 0.717) is 11.9 Å². The van der Waals surface area contributed by atoms with Crippen LogP contribution in [0.5, 0.6) is 0 Å². The van der Waals surface area contributed by atoms with E-state index in [0.717, 1.165) is 23.2 Å². The predicted octanol–water partition coefficient (Wildman–Crippen LogP) is 3.48. The lowest BCUT2D eigenvalue weighted by molar-refractivity contribution is 0.177. The molecule has 0 atom stereocenters. The van der Waals surface area contributed by atoms with Gasteiger partial charge in [-0.3, -0.25) is 0 Å². The van der Waals surface area contributed by atoms with Crippen molar-refractivity contribution < 1.29 is 4.74 Å². The Morgan fingerprint density at radius 2 is 2.11 bits per heavy atom. The van der Waals surface area contributed by atoms with Crippen LogP contribution < -0.4 is 5.32 Å². The lowest BCUT2D eigenvalue weighted by atomic mass is 10.0. The Balaban J connectivity index is 2.08. The molecular weight excluding hydrogens is 258 g/mol. The van der Waals surface area contributed by atoms with Gasteiger partial charge in [-0.2, -0.15) is 0 Å². The van der Waals surface area contributed by atoms with Crippen LogP contribution >= 0.6 is 11.8 Å². The SMILES string of the molecule is CCNc1cc(SC2CCCCC2)nc(COC)n1. The van der Waals surface area contributed by atoms with Crippen molar-refractivity contribution in [3.05, 3.63) is 11.9 Å². The maximum Gasteiger partial charge on any atom is 0.157 e. The molecule has 0 spiro atoms. The minimum atomic E-state index is 0.470. The molecule has 1 aromatic heterocycles. The Hall–Kier alpha value is -0.810. The second-order valence-corrected chi connectivity index (χ2v) is 6.17. The van der Waals surface area contributed by atoms with Gasteiger partial charge in [0.2, 0.25) is 0 Å². The average molecular weight is 281 g/mol. The molecule has 19 heavy (non-hydrogen) atoms. The molecule has 0 bridgehead atoms. The highest BCUT2D eigenvalue weighted by atomic mass is 32.2. The molecule has 1 aliphatic carbocycles. The fourth-order valence-electron chi connectivity index (χ4n) is 2.35. The normalized spacial score (nSPS) is 16.5. The lowest BCUT2D eigenvalue weighted by Crippen LogP contribution is -2.10. The predicted molar refractivity (Wildman–Crippen MR) is 79.6 cm³/mol. The zero-order valence-corrected chi connectivity index (χ0v) is 12.6. The van der Waals surface area contributed by atoms with Crippen molar-refractivity contribution in [2.24, 2.45) is 0 Å². The van der Waals surface area contributed by atoms with Crippen LogP contribution in [0.3, 0.4) is 0 Å². The van der Waals surface area contributed by atoms with Gasteiger partial charge in [-0.05, 0) is 19.8 Å². The molecule has 1 heterocycles. The van der Waals surface area contributed by atoms with Crippen LogP contribution in [0.4, 0.5) is 5.82 Å². The van der Waals surface area contributed by atoms with Crippen LogP contribution in [0, 0.1) is 0 Å². The summed E-state index contributed by atoms with van der Waals surface area (Å²) in [6, 6.07) is 2.06. The Labute approximate surface area is 119 Å². The molecule has 0 saturated heterocycles. The molecule has 1 aromatic rings. The number of anilines is 1. The van der Waals surface area contributed by atoms with Crippen LogP contribution in [0.15, 0.2) is 11.1 Å². The molecule has 0 amide bonds. The molecule has 0 aromatic carbocycles. The summed E-state index contributed by atoms with van der Waals surface area (Å²) in [5, 5.41) is 5.05.